The highest BCUT2D eigenvalue weighted by Crippen LogP contribution is 2.52. The molecule has 1 aromatic heterocycles. The van der Waals surface area contributed by atoms with Crippen LogP contribution in [0.3, 0.4) is 0 Å². The lowest BCUT2D eigenvalue weighted by molar-refractivity contribution is -0.286. The van der Waals surface area contributed by atoms with E-state index in [9.17, 15) is 23.8 Å². The fraction of sp³-hybridized carbons (Fsp3) is 0.423. The molecule has 1 saturated carbocycles. The summed E-state index contributed by atoms with van der Waals surface area (Å²) in [6.45, 7) is 6.14. The lowest BCUT2D eigenvalue weighted by atomic mass is 9.92. The number of fused-ring (bicyclic) bond motifs is 2. The molecule has 0 radical (unpaired) electrons. The zero-order valence-corrected chi connectivity index (χ0v) is 19.8. The van der Waals surface area contributed by atoms with Crippen molar-refractivity contribution in [3.05, 3.63) is 53.7 Å². The van der Waals surface area contributed by atoms with E-state index in [4.69, 9.17) is 0 Å². The number of amides is 1. The van der Waals surface area contributed by atoms with E-state index in [1.54, 1.807) is 12.1 Å². The lowest BCUT2D eigenvalue weighted by Gasteiger charge is -2.23. The third kappa shape index (κ3) is 4.23. The first-order valence-electron chi connectivity index (χ1n) is 11.6. The Bertz CT molecular complexity index is 1320. The van der Waals surface area contributed by atoms with E-state index >= 15 is 0 Å². The number of nitrogens with zero attached hydrogens (tertiary/aromatic N) is 1. The zero-order chi connectivity index (χ0) is 25.2. The van der Waals surface area contributed by atoms with Crippen LogP contribution in [0.1, 0.15) is 49.2 Å². The van der Waals surface area contributed by atoms with E-state index in [1.165, 1.54) is 12.1 Å². The number of hydrogen-bond donors (Lipinski definition) is 3. The number of rotatable bonds is 6. The maximum absolute atomic E-state index is 13.4. The maximum atomic E-state index is 13.4. The van der Waals surface area contributed by atoms with Gasteiger partial charge in [0.05, 0.1) is 24.7 Å². The summed E-state index contributed by atoms with van der Waals surface area (Å²) < 4.78 is 37.8. The van der Waals surface area contributed by atoms with Crippen LogP contribution in [0, 0.1) is 0 Å². The molecule has 35 heavy (non-hydrogen) atoms. The van der Waals surface area contributed by atoms with Crippen molar-refractivity contribution < 1.29 is 37.5 Å². The molecule has 1 atom stereocenters. The van der Waals surface area contributed by atoms with Crippen LogP contribution in [-0.2, 0) is 22.2 Å². The molecule has 2 heterocycles. The van der Waals surface area contributed by atoms with Gasteiger partial charge in [0.25, 0.3) is 0 Å². The average Bonchev–Trinajstić information content (AvgIpc) is 3.42. The van der Waals surface area contributed by atoms with E-state index in [1.807, 2.05) is 22.8 Å². The maximum Gasteiger partial charge on any atom is 0.586 e. The first kappa shape index (κ1) is 23.6. The molecule has 3 aromatic rings. The van der Waals surface area contributed by atoms with Crippen LogP contribution < -0.4 is 14.8 Å². The molecule has 0 bridgehead atoms. The summed E-state index contributed by atoms with van der Waals surface area (Å²) in [5, 5.41) is 23.3. The Kier molecular flexibility index (Phi) is 5.34. The first-order valence-corrected chi connectivity index (χ1v) is 11.6. The number of carbonyl (C=O) groups excluding carboxylic acids is 1. The number of halogens is 2. The van der Waals surface area contributed by atoms with Crippen molar-refractivity contribution >= 4 is 22.5 Å². The number of aromatic nitrogens is 1. The molecule has 0 saturated heterocycles. The van der Waals surface area contributed by atoms with E-state index in [0.29, 0.717) is 24.1 Å². The molecule has 1 fully saturated rings. The monoisotopic (exact) mass is 492 g/mol. The number of benzene rings is 2. The summed E-state index contributed by atoms with van der Waals surface area (Å²) in [7, 11) is 0. The Morgan fingerprint density at radius 3 is 2.51 bits per heavy atom. The van der Waals surface area contributed by atoms with Crippen molar-refractivity contribution in [2.75, 3.05) is 11.9 Å². The third-order valence-corrected chi connectivity index (χ3v) is 6.67. The van der Waals surface area contributed by atoms with E-state index in [-0.39, 0.29) is 40.3 Å². The number of anilines is 1. The molecule has 1 amide bonds. The van der Waals surface area contributed by atoms with Crippen LogP contribution in [0.2, 0.25) is 0 Å². The second kappa shape index (κ2) is 7.93. The fourth-order valence-electron chi connectivity index (χ4n) is 4.70. The summed E-state index contributed by atoms with van der Waals surface area (Å²) >= 11 is 0. The number of aliphatic hydroxyl groups is 2. The van der Waals surface area contributed by atoms with Gasteiger partial charge in [0.2, 0.25) is 5.91 Å². The largest absolute Gasteiger partial charge is 0.586 e. The van der Waals surface area contributed by atoms with Gasteiger partial charge in [-0.2, -0.15) is 0 Å². The predicted octanol–water partition coefficient (Wildman–Crippen LogP) is 5.02. The minimum Gasteiger partial charge on any atom is -0.395 e. The van der Waals surface area contributed by atoms with Crippen molar-refractivity contribution in [3.8, 4) is 11.5 Å². The number of nitrogens with one attached hydrogen (secondary N) is 1. The van der Waals surface area contributed by atoms with E-state index in [0.717, 1.165) is 16.6 Å². The molecule has 3 N–H and O–H groups in total. The van der Waals surface area contributed by atoms with Gasteiger partial charge in [0, 0.05) is 32.0 Å². The van der Waals surface area contributed by atoms with Gasteiger partial charge in [-0.25, -0.2) is 0 Å². The molecule has 2 aromatic carbocycles. The van der Waals surface area contributed by atoms with Gasteiger partial charge in [-0.1, -0.05) is 26.8 Å². The van der Waals surface area contributed by atoms with Crippen LogP contribution in [0.5, 0.6) is 11.5 Å². The zero-order valence-electron chi connectivity index (χ0n) is 19.8. The second-order valence-corrected chi connectivity index (χ2v) is 10.4. The topological polar surface area (TPSA) is 93.0 Å². The number of alkyl halides is 2. The van der Waals surface area contributed by atoms with Crippen LogP contribution >= 0.6 is 0 Å². The molecule has 1 unspecified atom stereocenters. The lowest BCUT2D eigenvalue weighted by Crippen LogP contribution is -2.28. The standard InChI is InChI=1S/C26H28F2N2O5.3H2/c1-24(2,3)22-11-15-10-17(5-6-19(15)30(22)13-18(32)14-31)29-23(33)25(8-9-25)16-4-7-20-21(12-16)35-26(27,28)34-20;;;/h4-7,10-12,18,31-32H,8-9,13-14H2,1-3H3,(H,29,33);3*1H. The van der Waals surface area contributed by atoms with Crippen LogP contribution in [0.15, 0.2) is 42.5 Å². The average molecular weight is 493 g/mol. The molecule has 2 aliphatic rings. The SMILES string of the molecule is CC(C)(C)c1cc2cc(NC(=O)C3(c4ccc5c(c4)OC(F)(F)O5)CC3)ccc2n1CC(O)CO.[HH].[HH].[HH]. The molecule has 1 aliphatic carbocycles. The van der Waals surface area contributed by atoms with Gasteiger partial charge in [0.1, 0.15) is 0 Å². The van der Waals surface area contributed by atoms with E-state index < -0.39 is 17.8 Å². The highest BCUT2D eigenvalue weighted by Gasteiger charge is 2.52. The van der Waals surface area contributed by atoms with E-state index in [2.05, 4.69) is 35.6 Å². The minimum absolute atomic E-state index is 0. The summed E-state index contributed by atoms with van der Waals surface area (Å²) in [5.74, 6) is -0.339. The van der Waals surface area contributed by atoms with Gasteiger partial charge in [-0.3, -0.25) is 4.79 Å². The van der Waals surface area contributed by atoms with Crippen molar-refractivity contribution in [2.24, 2.45) is 0 Å². The van der Waals surface area contributed by atoms with Crippen molar-refractivity contribution in [2.45, 2.75) is 63.4 Å². The minimum atomic E-state index is -3.70. The molecular formula is C26H34F2N2O5. The molecule has 1 aliphatic heterocycles. The summed E-state index contributed by atoms with van der Waals surface area (Å²) in [6, 6.07) is 12.1. The molecule has 5 rings (SSSR count). The number of hydrogen-bond acceptors (Lipinski definition) is 5. The highest BCUT2D eigenvalue weighted by atomic mass is 19.3. The summed E-state index contributed by atoms with van der Waals surface area (Å²) in [4.78, 5) is 13.3. The predicted molar refractivity (Wildman–Crippen MR) is 132 cm³/mol. The normalized spacial score (nSPS) is 18.5. The van der Waals surface area contributed by atoms with Crippen LogP contribution in [0.4, 0.5) is 14.5 Å². The van der Waals surface area contributed by atoms with Gasteiger partial charge in [0.15, 0.2) is 11.5 Å². The van der Waals surface area contributed by atoms with Gasteiger partial charge >= 0.3 is 6.29 Å². The van der Waals surface area contributed by atoms with Gasteiger partial charge in [-0.05, 0) is 54.8 Å². The summed E-state index contributed by atoms with van der Waals surface area (Å²) in [5.41, 5.74) is 2.10. The Hall–Kier alpha value is -3.17. The van der Waals surface area contributed by atoms with Crippen LogP contribution in [-0.4, -0.2) is 39.7 Å². The smallest absolute Gasteiger partial charge is 0.395 e. The number of ether oxygens (including phenoxy) is 2. The Morgan fingerprint density at radius 1 is 1.14 bits per heavy atom. The highest BCUT2D eigenvalue weighted by molar-refractivity contribution is 6.02. The quantitative estimate of drug-likeness (QED) is 0.449. The van der Waals surface area contributed by atoms with Crippen molar-refractivity contribution in [1.82, 2.24) is 4.57 Å². The molecule has 192 valence electrons. The van der Waals surface area contributed by atoms with Gasteiger partial charge < -0.3 is 29.6 Å². The van der Waals surface area contributed by atoms with Gasteiger partial charge in [-0.15, -0.1) is 8.78 Å². The Balaban J connectivity index is 0.00000169. The van der Waals surface area contributed by atoms with Crippen molar-refractivity contribution in [1.29, 1.82) is 0 Å². The second-order valence-electron chi connectivity index (χ2n) is 10.4. The van der Waals surface area contributed by atoms with Crippen molar-refractivity contribution in [3.63, 3.8) is 0 Å². The molecule has 0 spiro atoms. The molecule has 7 nitrogen and oxygen atoms in total. The summed E-state index contributed by atoms with van der Waals surface area (Å²) in [6.07, 6.45) is -3.39. The Morgan fingerprint density at radius 2 is 1.86 bits per heavy atom. The molecular weight excluding hydrogens is 458 g/mol. The Labute approximate surface area is 205 Å². The first-order chi connectivity index (χ1) is 16.4. The number of aliphatic hydroxyl groups excluding tert-OH is 2. The molecule has 9 heteroatoms. The van der Waals surface area contributed by atoms with Crippen LogP contribution in [0.25, 0.3) is 10.9 Å². The third-order valence-electron chi connectivity index (χ3n) is 6.67. The number of carbonyl (C=O) groups is 1. The fourth-order valence-corrected chi connectivity index (χ4v) is 4.70.